The smallest absolute Gasteiger partial charge is 0.162 e. The summed E-state index contributed by atoms with van der Waals surface area (Å²) < 4.78 is 1.98. The van der Waals surface area contributed by atoms with Gasteiger partial charge in [0.15, 0.2) is 5.82 Å². The fourth-order valence-corrected chi connectivity index (χ4v) is 7.12. The van der Waals surface area contributed by atoms with Gasteiger partial charge in [0.05, 0.1) is 16.9 Å². The highest BCUT2D eigenvalue weighted by Crippen LogP contribution is 2.46. The van der Waals surface area contributed by atoms with Crippen LogP contribution in [0.3, 0.4) is 0 Å². The lowest BCUT2D eigenvalue weighted by atomic mass is 9.84. The first-order valence-electron chi connectivity index (χ1n) is 14.7. The van der Waals surface area contributed by atoms with Crippen molar-refractivity contribution in [1.29, 1.82) is 0 Å². The Hall–Kier alpha value is -3.17. The molecule has 10 heteroatoms. The number of aliphatic hydroxyl groups excluding tert-OH is 1. The molecule has 1 saturated carbocycles. The van der Waals surface area contributed by atoms with Crippen molar-refractivity contribution in [1.82, 2.24) is 29.9 Å². The minimum atomic E-state index is 0.242. The number of fused-ring (bicyclic) bond motifs is 2. The van der Waals surface area contributed by atoms with E-state index < -0.39 is 0 Å². The van der Waals surface area contributed by atoms with Crippen molar-refractivity contribution >= 4 is 34.1 Å². The molecular weight excluding hydrogens is 536 g/mol. The molecule has 2 fully saturated rings. The molecule has 1 saturated heterocycles. The third kappa shape index (κ3) is 4.97. The number of halogens is 1. The van der Waals surface area contributed by atoms with Crippen molar-refractivity contribution in [2.75, 3.05) is 36.5 Å². The molecule has 0 amide bonds. The number of nitrogens with zero attached hydrogens (tertiary/aromatic N) is 7. The molecule has 2 N–H and O–H groups in total. The van der Waals surface area contributed by atoms with Crippen LogP contribution in [0.5, 0.6) is 0 Å². The molecule has 0 atom stereocenters. The van der Waals surface area contributed by atoms with Gasteiger partial charge in [-0.1, -0.05) is 31.5 Å². The number of hydrogen-bond donors (Lipinski definition) is 2. The molecule has 218 valence electrons. The van der Waals surface area contributed by atoms with Gasteiger partial charge in [-0.3, -0.25) is 9.78 Å². The predicted octanol–water partition coefficient (Wildman–Crippen LogP) is 5.70. The van der Waals surface area contributed by atoms with Crippen LogP contribution < -0.4 is 9.80 Å². The van der Waals surface area contributed by atoms with Crippen LogP contribution in [-0.2, 0) is 20.0 Å². The summed E-state index contributed by atoms with van der Waals surface area (Å²) in [5.74, 6) is 3.42. The fraction of sp³-hybridized carbons (Fsp3) is 0.548. The van der Waals surface area contributed by atoms with Crippen molar-refractivity contribution in [2.45, 2.75) is 72.3 Å². The van der Waals surface area contributed by atoms with Crippen molar-refractivity contribution in [3.63, 3.8) is 0 Å². The van der Waals surface area contributed by atoms with Gasteiger partial charge in [0.1, 0.15) is 16.7 Å². The molecule has 9 nitrogen and oxygen atoms in total. The molecule has 7 rings (SSSR count). The predicted molar refractivity (Wildman–Crippen MR) is 165 cm³/mol. The largest absolute Gasteiger partial charge is 0.400 e. The molecule has 0 unspecified atom stereocenters. The Balaban J connectivity index is 0.00000148. The maximum absolute atomic E-state index is 7.00. The fourth-order valence-electron chi connectivity index (χ4n) is 6.68. The number of hydrogen-bond acceptors (Lipinski definition) is 7. The number of nitrogens with one attached hydrogen (secondary N) is 1. The SMILES string of the molecule is CO.Cc1ccc2n[nH]c(C)c2c1-c1nc2c(c(N3CCCC(C)(C)C3)n1)CN(c1c(Cl)c(C3CC3)nn1C)CC2. The summed E-state index contributed by atoms with van der Waals surface area (Å²) in [6.07, 6.45) is 5.62. The number of aliphatic hydroxyl groups is 1. The zero-order valence-electron chi connectivity index (χ0n) is 25.1. The highest BCUT2D eigenvalue weighted by molar-refractivity contribution is 6.33. The number of anilines is 2. The van der Waals surface area contributed by atoms with Gasteiger partial charge >= 0.3 is 0 Å². The van der Waals surface area contributed by atoms with Gasteiger partial charge in [0, 0.05) is 74.9 Å². The summed E-state index contributed by atoms with van der Waals surface area (Å²) in [4.78, 5) is 15.5. The van der Waals surface area contributed by atoms with E-state index >= 15 is 0 Å². The Labute approximate surface area is 246 Å². The van der Waals surface area contributed by atoms with Crippen molar-refractivity contribution in [3.05, 3.63) is 45.4 Å². The van der Waals surface area contributed by atoms with E-state index in [0.717, 1.165) is 95.7 Å². The first kappa shape index (κ1) is 28.0. The van der Waals surface area contributed by atoms with Crippen LogP contribution in [0.4, 0.5) is 11.6 Å². The van der Waals surface area contributed by atoms with Crippen LogP contribution in [0.1, 0.15) is 73.7 Å². The van der Waals surface area contributed by atoms with E-state index in [1.54, 1.807) is 0 Å². The van der Waals surface area contributed by atoms with Crippen molar-refractivity contribution in [2.24, 2.45) is 12.5 Å². The van der Waals surface area contributed by atoms with Crippen molar-refractivity contribution < 1.29 is 5.11 Å². The Bertz CT molecular complexity index is 1600. The Kier molecular flexibility index (Phi) is 7.22. The monoisotopic (exact) mass is 576 g/mol. The van der Waals surface area contributed by atoms with Crippen molar-refractivity contribution in [3.8, 4) is 11.4 Å². The molecular formula is C31H41ClN8O. The second kappa shape index (κ2) is 10.6. The second-order valence-electron chi connectivity index (χ2n) is 12.6. The van der Waals surface area contributed by atoms with E-state index in [9.17, 15) is 0 Å². The number of rotatable bonds is 4. The topological polar surface area (TPSA) is 99.0 Å². The van der Waals surface area contributed by atoms with Crippen LogP contribution in [0.2, 0.25) is 5.02 Å². The number of aryl methyl sites for hydroxylation is 3. The quantitative estimate of drug-likeness (QED) is 0.321. The summed E-state index contributed by atoms with van der Waals surface area (Å²) in [5.41, 5.74) is 7.94. The lowest BCUT2D eigenvalue weighted by Crippen LogP contribution is -2.42. The molecule has 5 heterocycles. The highest BCUT2D eigenvalue weighted by Gasteiger charge is 2.35. The first-order chi connectivity index (χ1) is 19.7. The maximum atomic E-state index is 7.00. The van der Waals surface area contributed by atoms with Gasteiger partial charge < -0.3 is 14.9 Å². The zero-order valence-corrected chi connectivity index (χ0v) is 25.8. The van der Waals surface area contributed by atoms with Gasteiger partial charge in [-0.05, 0) is 56.6 Å². The van der Waals surface area contributed by atoms with Gasteiger partial charge in [0.25, 0.3) is 0 Å². The third-order valence-electron chi connectivity index (χ3n) is 8.82. The van der Waals surface area contributed by atoms with E-state index in [4.69, 9.17) is 31.8 Å². The Morgan fingerprint density at radius 3 is 2.59 bits per heavy atom. The summed E-state index contributed by atoms with van der Waals surface area (Å²) in [5, 5.41) is 21.5. The summed E-state index contributed by atoms with van der Waals surface area (Å²) >= 11 is 6.96. The molecule has 0 bridgehead atoms. The normalized spacial score (nSPS) is 18.3. The molecule has 3 aromatic heterocycles. The summed E-state index contributed by atoms with van der Waals surface area (Å²) in [6, 6.07) is 4.21. The average molecular weight is 577 g/mol. The lowest BCUT2D eigenvalue weighted by molar-refractivity contribution is 0.291. The summed E-state index contributed by atoms with van der Waals surface area (Å²) in [6.45, 7) is 12.6. The number of piperidine rings is 1. The minimum absolute atomic E-state index is 0.242. The van der Waals surface area contributed by atoms with Crippen LogP contribution in [-0.4, -0.2) is 61.8 Å². The minimum Gasteiger partial charge on any atom is -0.400 e. The zero-order chi connectivity index (χ0) is 29.1. The van der Waals surface area contributed by atoms with E-state index in [0.29, 0.717) is 5.92 Å². The van der Waals surface area contributed by atoms with Gasteiger partial charge in [-0.2, -0.15) is 10.2 Å². The van der Waals surface area contributed by atoms with Gasteiger partial charge in [-0.15, -0.1) is 0 Å². The molecule has 1 aliphatic carbocycles. The molecule has 4 aromatic rings. The van der Waals surface area contributed by atoms with E-state index in [-0.39, 0.29) is 5.41 Å². The Morgan fingerprint density at radius 1 is 1.07 bits per heavy atom. The lowest BCUT2D eigenvalue weighted by Gasteiger charge is -2.41. The molecule has 0 spiro atoms. The molecule has 3 aliphatic rings. The van der Waals surface area contributed by atoms with Crippen LogP contribution in [0.25, 0.3) is 22.3 Å². The van der Waals surface area contributed by atoms with Gasteiger partial charge in [0.2, 0.25) is 0 Å². The van der Waals surface area contributed by atoms with E-state index in [1.807, 2.05) is 11.7 Å². The molecule has 1 aromatic carbocycles. The Morgan fingerprint density at radius 2 is 1.85 bits per heavy atom. The van der Waals surface area contributed by atoms with E-state index in [1.165, 1.54) is 36.8 Å². The number of aromatic nitrogens is 6. The molecule has 0 radical (unpaired) electrons. The van der Waals surface area contributed by atoms with E-state index in [2.05, 4.69) is 59.8 Å². The number of benzene rings is 1. The summed E-state index contributed by atoms with van der Waals surface area (Å²) in [7, 11) is 3.02. The first-order valence-corrected chi connectivity index (χ1v) is 15.1. The molecule has 2 aliphatic heterocycles. The third-order valence-corrected chi connectivity index (χ3v) is 9.18. The second-order valence-corrected chi connectivity index (χ2v) is 13.0. The molecule has 41 heavy (non-hydrogen) atoms. The highest BCUT2D eigenvalue weighted by atomic mass is 35.5. The van der Waals surface area contributed by atoms with Crippen LogP contribution in [0, 0.1) is 19.3 Å². The van der Waals surface area contributed by atoms with Crippen LogP contribution in [0.15, 0.2) is 12.1 Å². The average Bonchev–Trinajstić information content (AvgIpc) is 3.67. The number of aromatic amines is 1. The number of H-pyrrole nitrogens is 1. The van der Waals surface area contributed by atoms with Crippen LogP contribution >= 0.6 is 11.6 Å². The standard InChI is InChI=1S/C30H37ClN8.CH4O/c1-17-7-10-22-24(18(2)34-35-22)23(17)27-32-21-11-14-38(29-25(31)26(19-8-9-19)36-37(29)5)15-20(21)28(33-27)39-13-6-12-30(3,4)16-39;1-2/h7,10,19H,6,8-9,11-16H2,1-5H3,(H,34,35);2H,1H3. The van der Waals surface area contributed by atoms with Gasteiger partial charge in [-0.25, -0.2) is 9.97 Å². The maximum Gasteiger partial charge on any atom is 0.162 e.